The highest BCUT2D eigenvalue weighted by atomic mass is 79.9. The lowest BCUT2D eigenvalue weighted by Crippen LogP contribution is -2.37. The largest absolute Gasteiger partial charge is 0.493 e. The van der Waals surface area contributed by atoms with Crippen LogP contribution >= 0.6 is 15.9 Å². The number of methoxy groups -OCH3 is 1. The Morgan fingerprint density at radius 1 is 1.41 bits per heavy atom. The SMILES string of the molecule is CCOc1c(Br)cc(CNC[C@@H]2CCCN(C)C2)cc1OC. The number of hydrogen-bond acceptors (Lipinski definition) is 4. The van der Waals surface area contributed by atoms with Gasteiger partial charge in [-0.2, -0.15) is 0 Å². The highest BCUT2D eigenvalue weighted by molar-refractivity contribution is 9.10. The molecule has 22 heavy (non-hydrogen) atoms. The quantitative estimate of drug-likeness (QED) is 0.798. The molecule has 1 atom stereocenters. The molecule has 1 N–H and O–H groups in total. The highest BCUT2D eigenvalue weighted by Gasteiger charge is 2.17. The third-order valence-corrected chi connectivity index (χ3v) is 4.65. The molecule has 0 bridgehead atoms. The number of benzene rings is 1. The first-order chi connectivity index (χ1) is 10.6. The first-order valence-corrected chi connectivity index (χ1v) is 8.81. The van der Waals surface area contributed by atoms with E-state index in [4.69, 9.17) is 9.47 Å². The minimum atomic E-state index is 0.627. The molecule has 1 aliphatic heterocycles. The fourth-order valence-corrected chi connectivity index (χ4v) is 3.62. The van der Waals surface area contributed by atoms with Crippen LogP contribution < -0.4 is 14.8 Å². The molecular weight excluding hydrogens is 344 g/mol. The van der Waals surface area contributed by atoms with Crippen molar-refractivity contribution in [3.8, 4) is 11.5 Å². The molecule has 0 aliphatic carbocycles. The molecule has 1 saturated heterocycles. The van der Waals surface area contributed by atoms with E-state index in [0.717, 1.165) is 35.0 Å². The standard InChI is InChI=1S/C17H27BrN2O2/c1-4-22-17-15(18)8-14(9-16(17)21-3)11-19-10-13-6-5-7-20(2)12-13/h8-9,13,19H,4-7,10-12H2,1-3H3/t13-/m0/s1. The van der Waals surface area contributed by atoms with Crippen molar-refractivity contribution in [1.29, 1.82) is 0 Å². The van der Waals surface area contributed by atoms with Crippen molar-refractivity contribution in [1.82, 2.24) is 10.2 Å². The molecule has 0 radical (unpaired) electrons. The van der Waals surface area contributed by atoms with E-state index >= 15 is 0 Å². The lowest BCUT2D eigenvalue weighted by Gasteiger charge is -2.29. The molecule has 1 aliphatic rings. The molecule has 2 rings (SSSR count). The summed E-state index contributed by atoms with van der Waals surface area (Å²) in [7, 11) is 3.89. The summed E-state index contributed by atoms with van der Waals surface area (Å²) in [4.78, 5) is 2.42. The maximum absolute atomic E-state index is 5.63. The van der Waals surface area contributed by atoms with Gasteiger partial charge in [-0.25, -0.2) is 0 Å². The number of likely N-dealkylation sites (tertiary alicyclic amines) is 1. The van der Waals surface area contributed by atoms with E-state index in [9.17, 15) is 0 Å². The molecule has 1 fully saturated rings. The summed E-state index contributed by atoms with van der Waals surface area (Å²) in [6.45, 7) is 6.95. The Hall–Kier alpha value is -0.780. The molecule has 0 spiro atoms. The summed E-state index contributed by atoms with van der Waals surface area (Å²) in [5, 5.41) is 3.58. The van der Waals surface area contributed by atoms with E-state index in [0.29, 0.717) is 6.61 Å². The second-order valence-electron chi connectivity index (χ2n) is 5.94. The monoisotopic (exact) mass is 370 g/mol. The lowest BCUT2D eigenvalue weighted by atomic mass is 9.98. The zero-order valence-corrected chi connectivity index (χ0v) is 15.4. The van der Waals surface area contributed by atoms with Crippen molar-refractivity contribution in [2.45, 2.75) is 26.3 Å². The maximum atomic E-state index is 5.63. The topological polar surface area (TPSA) is 33.7 Å². The molecule has 1 aromatic rings. The van der Waals surface area contributed by atoms with Crippen LogP contribution in [0, 0.1) is 5.92 Å². The third kappa shape index (κ3) is 4.86. The Morgan fingerprint density at radius 2 is 2.23 bits per heavy atom. The Kier molecular flexibility index (Phi) is 6.99. The molecule has 124 valence electrons. The number of nitrogens with one attached hydrogen (secondary N) is 1. The first-order valence-electron chi connectivity index (χ1n) is 8.02. The third-order valence-electron chi connectivity index (χ3n) is 4.06. The smallest absolute Gasteiger partial charge is 0.175 e. The van der Waals surface area contributed by atoms with Crippen LogP contribution in [-0.2, 0) is 6.54 Å². The molecule has 0 unspecified atom stereocenters. The second-order valence-corrected chi connectivity index (χ2v) is 6.80. The zero-order valence-electron chi connectivity index (χ0n) is 13.8. The van der Waals surface area contributed by atoms with Crippen molar-refractivity contribution in [2.24, 2.45) is 5.92 Å². The van der Waals surface area contributed by atoms with Gasteiger partial charge in [0.2, 0.25) is 0 Å². The summed E-state index contributed by atoms with van der Waals surface area (Å²) >= 11 is 3.58. The summed E-state index contributed by atoms with van der Waals surface area (Å²) in [5.41, 5.74) is 1.20. The van der Waals surface area contributed by atoms with E-state index in [2.05, 4.69) is 45.3 Å². The van der Waals surface area contributed by atoms with Crippen LogP contribution in [0.15, 0.2) is 16.6 Å². The predicted octanol–water partition coefficient (Wildman–Crippen LogP) is 3.29. The maximum Gasteiger partial charge on any atom is 0.175 e. The van der Waals surface area contributed by atoms with E-state index < -0.39 is 0 Å². The molecule has 0 saturated carbocycles. The summed E-state index contributed by atoms with van der Waals surface area (Å²) in [6, 6.07) is 4.16. The average molecular weight is 371 g/mol. The first kappa shape index (κ1) is 17.6. The number of hydrogen-bond donors (Lipinski definition) is 1. The second kappa shape index (κ2) is 8.75. The van der Waals surface area contributed by atoms with Crippen molar-refractivity contribution >= 4 is 15.9 Å². The summed E-state index contributed by atoms with van der Waals surface area (Å²) < 4.78 is 12.0. The molecule has 1 heterocycles. The van der Waals surface area contributed by atoms with E-state index in [1.165, 1.54) is 31.5 Å². The Morgan fingerprint density at radius 3 is 2.91 bits per heavy atom. The van der Waals surface area contributed by atoms with Gasteiger partial charge in [-0.1, -0.05) is 0 Å². The van der Waals surface area contributed by atoms with Crippen LogP contribution in [0.4, 0.5) is 0 Å². The van der Waals surface area contributed by atoms with Crippen LogP contribution in [0.3, 0.4) is 0 Å². The minimum absolute atomic E-state index is 0.627. The number of piperidine rings is 1. The Bertz CT molecular complexity index is 482. The Labute approximate surface area is 142 Å². The molecule has 0 aromatic heterocycles. The van der Waals surface area contributed by atoms with Gasteiger partial charge in [0.05, 0.1) is 18.2 Å². The Balaban J connectivity index is 1.91. The van der Waals surface area contributed by atoms with Crippen molar-refractivity contribution < 1.29 is 9.47 Å². The molecule has 1 aromatic carbocycles. The fraction of sp³-hybridized carbons (Fsp3) is 0.647. The van der Waals surface area contributed by atoms with Crippen molar-refractivity contribution in [2.75, 3.05) is 40.4 Å². The van der Waals surface area contributed by atoms with Crippen LogP contribution in [0.25, 0.3) is 0 Å². The van der Waals surface area contributed by atoms with E-state index in [1.54, 1.807) is 7.11 Å². The zero-order chi connectivity index (χ0) is 15.9. The van der Waals surface area contributed by atoms with Gasteiger partial charge in [0.25, 0.3) is 0 Å². The molecule has 0 amide bonds. The van der Waals surface area contributed by atoms with Crippen LogP contribution in [-0.4, -0.2) is 45.3 Å². The van der Waals surface area contributed by atoms with Crippen LogP contribution in [0.2, 0.25) is 0 Å². The van der Waals surface area contributed by atoms with Gasteiger partial charge in [-0.05, 0) is 79.4 Å². The minimum Gasteiger partial charge on any atom is -0.493 e. The average Bonchev–Trinajstić information content (AvgIpc) is 2.50. The fourth-order valence-electron chi connectivity index (χ4n) is 3.02. The lowest BCUT2D eigenvalue weighted by molar-refractivity contribution is 0.206. The number of nitrogens with zero attached hydrogens (tertiary/aromatic N) is 1. The normalized spacial score (nSPS) is 19.2. The van der Waals surface area contributed by atoms with E-state index in [1.807, 2.05) is 6.92 Å². The summed E-state index contributed by atoms with van der Waals surface area (Å²) in [5.74, 6) is 2.32. The van der Waals surface area contributed by atoms with Gasteiger partial charge in [0.15, 0.2) is 11.5 Å². The van der Waals surface area contributed by atoms with Crippen molar-refractivity contribution in [3.05, 3.63) is 22.2 Å². The number of rotatable bonds is 7. The number of halogens is 1. The molecule has 4 nitrogen and oxygen atoms in total. The molecular formula is C17H27BrN2O2. The number of ether oxygens (including phenoxy) is 2. The van der Waals surface area contributed by atoms with Gasteiger partial charge in [0.1, 0.15) is 0 Å². The van der Waals surface area contributed by atoms with Crippen LogP contribution in [0.5, 0.6) is 11.5 Å². The van der Waals surface area contributed by atoms with Gasteiger partial charge in [-0.15, -0.1) is 0 Å². The summed E-state index contributed by atoms with van der Waals surface area (Å²) in [6.07, 6.45) is 2.64. The van der Waals surface area contributed by atoms with Gasteiger partial charge in [-0.3, -0.25) is 0 Å². The van der Waals surface area contributed by atoms with Gasteiger partial charge < -0.3 is 19.7 Å². The molecule has 5 heteroatoms. The van der Waals surface area contributed by atoms with Crippen LogP contribution in [0.1, 0.15) is 25.3 Å². The van der Waals surface area contributed by atoms with Gasteiger partial charge in [0, 0.05) is 13.1 Å². The van der Waals surface area contributed by atoms with Gasteiger partial charge >= 0.3 is 0 Å². The predicted molar refractivity (Wildman–Crippen MR) is 93.8 cm³/mol. The van der Waals surface area contributed by atoms with Crippen molar-refractivity contribution in [3.63, 3.8) is 0 Å². The highest BCUT2D eigenvalue weighted by Crippen LogP contribution is 2.36. The van der Waals surface area contributed by atoms with E-state index in [-0.39, 0.29) is 0 Å².